The topological polar surface area (TPSA) is 59.4 Å². The number of fused-ring (bicyclic) bond motifs is 1. The monoisotopic (exact) mass is 486 g/mol. The zero-order chi connectivity index (χ0) is 25.8. The van der Waals surface area contributed by atoms with E-state index in [2.05, 4.69) is 29.2 Å². The Kier molecular flexibility index (Phi) is 7.18. The number of ketones is 2. The van der Waals surface area contributed by atoms with Crippen molar-refractivity contribution in [2.75, 3.05) is 0 Å². The van der Waals surface area contributed by atoms with Crippen LogP contribution in [0.25, 0.3) is 11.1 Å². The summed E-state index contributed by atoms with van der Waals surface area (Å²) in [5.41, 5.74) is 9.68. The van der Waals surface area contributed by atoms with Crippen molar-refractivity contribution < 1.29 is 9.59 Å². The average molecular weight is 487 g/mol. The third-order valence-corrected chi connectivity index (χ3v) is 6.70. The van der Waals surface area contributed by atoms with E-state index in [0.29, 0.717) is 19.3 Å². The maximum atomic E-state index is 12.9. The second-order valence-electron chi connectivity index (χ2n) is 9.83. The van der Waals surface area contributed by atoms with E-state index in [4.69, 9.17) is 4.99 Å². The van der Waals surface area contributed by atoms with Gasteiger partial charge in [0.25, 0.3) is 0 Å². The lowest BCUT2D eigenvalue weighted by Crippen LogP contribution is -2.09. The fourth-order valence-electron chi connectivity index (χ4n) is 4.94. The van der Waals surface area contributed by atoms with Gasteiger partial charge >= 0.3 is 0 Å². The van der Waals surface area contributed by atoms with E-state index in [9.17, 15) is 9.59 Å². The van der Waals surface area contributed by atoms with Crippen LogP contribution >= 0.6 is 0 Å². The summed E-state index contributed by atoms with van der Waals surface area (Å²) in [6.07, 6.45) is 2.25. The van der Waals surface area contributed by atoms with Gasteiger partial charge in [0.15, 0.2) is 0 Å². The van der Waals surface area contributed by atoms with E-state index in [1.807, 2.05) is 74.5 Å². The fourth-order valence-corrected chi connectivity index (χ4v) is 4.94. The molecule has 4 aromatic rings. The minimum Gasteiger partial charge on any atom is -0.299 e. The predicted octanol–water partition coefficient (Wildman–Crippen LogP) is 6.75. The van der Waals surface area contributed by atoms with Gasteiger partial charge in [-0.1, -0.05) is 60.7 Å². The van der Waals surface area contributed by atoms with Crippen LogP contribution in [0.5, 0.6) is 0 Å². The van der Waals surface area contributed by atoms with Crippen molar-refractivity contribution in [2.24, 2.45) is 4.99 Å². The second kappa shape index (κ2) is 10.8. The molecular weight excluding hydrogens is 456 g/mol. The molecule has 0 radical (unpaired) electrons. The molecule has 0 saturated carbocycles. The lowest BCUT2D eigenvalue weighted by Gasteiger charge is -2.09. The Balaban J connectivity index is 1.36. The Bertz CT molecular complexity index is 1480. The smallest absolute Gasteiger partial charge is 0.143 e. The van der Waals surface area contributed by atoms with Crippen LogP contribution in [0.4, 0.5) is 5.69 Å². The highest BCUT2D eigenvalue weighted by atomic mass is 16.1. The molecule has 0 unspecified atom stereocenters. The minimum atomic E-state index is 0.131. The third kappa shape index (κ3) is 6.15. The normalized spacial score (nSPS) is 13.0. The fraction of sp³-hybridized carbons (Fsp3) is 0.212. The summed E-state index contributed by atoms with van der Waals surface area (Å²) in [6, 6.07) is 28.3. The number of pyridine rings is 1. The third-order valence-electron chi connectivity index (χ3n) is 6.70. The summed E-state index contributed by atoms with van der Waals surface area (Å²) < 4.78 is 0. The Morgan fingerprint density at radius 3 is 2.30 bits per heavy atom. The number of rotatable bonds is 7. The van der Waals surface area contributed by atoms with Gasteiger partial charge < -0.3 is 0 Å². The number of hydrogen-bond acceptors (Lipinski definition) is 4. The molecule has 4 nitrogen and oxygen atoms in total. The van der Waals surface area contributed by atoms with Crippen molar-refractivity contribution in [2.45, 2.75) is 46.0 Å². The van der Waals surface area contributed by atoms with Crippen molar-refractivity contribution in [1.29, 1.82) is 0 Å². The highest BCUT2D eigenvalue weighted by Gasteiger charge is 2.19. The summed E-state index contributed by atoms with van der Waals surface area (Å²) in [5.74, 6) is 0.331. The van der Waals surface area contributed by atoms with E-state index >= 15 is 0 Å². The number of aryl methyl sites for hydroxylation is 3. The lowest BCUT2D eigenvalue weighted by atomic mass is 9.97. The number of benzene rings is 3. The molecule has 37 heavy (non-hydrogen) atoms. The molecule has 0 N–H and O–H groups in total. The van der Waals surface area contributed by atoms with Gasteiger partial charge in [0.2, 0.25) is 0 Å². The van der Waals surface area contributed by atoms with Gasteiger partial charge in [0.1, 0.15) is 11.6 Å². The highest BCUT2D eigenvalue weighted by Crippen LogP contribution is 2.29. The molecule has 184 valence electrons. The first-order chi connectivity index (χ1) is 17.9. The van der Waals surface area contributed by atoms with E-state index in [-0.39, 0.29) is 18.0 Å². The maximum absolute atomic E-state index is 12.9. The van der Waals surface area contributed by atoms with Crippen LogP contribution < -0.4 is 0 Å². The first kappa shape index (κ1) is 24.5. The van der Waals surface area contributed by atoms with Crippen LogP contribution in [-0.2, 0) is 28.9 Å². The van der Waals surface area contributed by atoms with Crippen LogP contribution in [0.3, 0.4) is 0 Å². The minimum absolute atomic E-state index is 0.131. The van der Waals surface area contributed by atoms with Gasteiger partial charge in [0.05, 0.1) is 11.4 Å². The van der Waals surface area contributed by atoms with Gasteiger partial charge in [-0.25, -0.2) is 0 Å². The van der Waals surface area contributed by atoms with Crippen molar-refractivity contribution in [3.8, 4) is 11.1 Å². The SMILES string of the molecule is Cc1cc(-c2cccc(C3=Nc4ccc(CC(=O)CCc5ccccc5)cc4CC(=O)C3)c2)cc(C)n1. The maximum Gasteiger partial charge on any atom is 0.143 e. The zero-order valence-corrected chi connectivity index (χ0v) is 21.3. The summed E-state index contributed by atoms with van der Waals surface area (Å²) in [6.45, 7) is 3.99. The quantitative estimate of drug-likeness (QED) is 0.290. The van der Waals surface area contributed by atoms with Gasteiger partial charge in [-0.2, -0.15) is 0 Å². The molecule has 0 aliphatic carbocycles. The molecule has 0 bridgehead atoms. The Morgan fingerprint density at radius 1 is 0.757 bits per heavy atom. The molecule has 1 aromatic heterocycles. The molecule has 0 atom stereocenters. The number of carbonyl (C=O) groups excluding carboxylic acids is 2. The lowest BCUT2D eigenvalue weighted by molar-refractivity contribution is -0.118. The molecule has 0 saturated heterocycles. The zero-order valence-electron chi connectivity index (χ0n) is 21.3. The Hall–Kier alpha value is -4.18. The van der Waals surface area contributed by atoms with Gasteiger partial charge in [0, 0.05) is 37.1 Å². The van der Waals surface area contributed by atoms with Gasteiger partial charge in [-0.05, 0) is 77.9 Å². The second-order valence-corrected chi connectivity index (χ2v) is 9.83. The molecule has 2 heterocycles. The molecule has 0 spiro atoms. The van der Waals surface area contributed by atoms with E-state index in [0.717, 1.165) is 57.0 Å². The van der Waals surface area contributed by atoms with Crippen molar-refractivity contribution >= 4 is 23.0 Å². The first-order valence-corrected chi connectivity index (χ1v) is 12.8. The van der Waals surface area contributed by atoms with Crippen LogP contribution in [0.2, 0.25) is 0 Å². The van der Waals surface area contributed by atoms with Crippen molar-refractivity contribution in [3.63, 3.8) is 0 Å². The molecule has 1 aliphatic rings. The van der Waals surface area contributed by atoms with Crippen LogP contribution in [-0.4, -0.2) is 22.3 Å². The predicted molar refractivity (Wildman–Crippen MR) is 149 cm³/mol. The molecule has 0 amide bonds. The summed E-state index contributed by atoms with van der Waals surface area (Å²) in [7, 11) is 0. The van der Waals surface area contributed by atoms with Crippen molar-refractivity contribution in [3.05, 3.63) is 119 Å². The molecule has 5 rings (SSSR count). The number of nitrogens with zero attached hydrogens (tertiary/aromatic N) is 2. The van der Waals surface area contributed by atoms with E-state index in [1.54, 1.807) is 0 Å². The Labute approximate surface area is 218 Å². The van der Waals surface area contributed by atoms with Crippen molar-refractivity contribution in [1.82, 2.24) is 4.98 Å². The standard InChI is InChI=1S/C33H30N2O2/c1-22-15-28(16-23(2)34-22)26-9-6-10-27(19-26)33-21-31(37)20-29-17-25(12-14-32(29)35-33)18-30(36)13-11-24-7-4-3-5-8-24/h3-10,12,14-17,19H,11,13,18,20-21H2,1-2H3. The van der Waals surface area contributed by atoms with Gasteiger partial charge in [-0.3, -0.25) is 19.6 Å². The average Bonchev–Trinajstić information content (AvgIpc) is 3.05. The van der Waals surface area contributed by atoms with Crippen LogP contribution in [0, 0.1) is 13.8 Å². The Morgan fingerprint density at radius 2 is 1.51 bits per heavy atom. The van der Waals surface area contributed by atoms with Crippen LogP contribution in [0.15, 0.2) is 89.9 Å². The molecule has 4 heteroatoms. The number of aromatic nitrogens is 1. The number of carbonyl (C=O) groups is 2. The highest BCUT2D eigenvalue weighted by molar-refractivity contribution is 6.14. The summed E-state index contributed by atoms with van der Waals surface area (Å²) >= 11 is 0. The van der Waals surface area contributed by atoms with E-state index < -0.39 is 0 Å². The molecular formula is C33H30N2O2. The molecule has 1 aliphatic heterocycles. The van der Waals surface area contributed by atoms with E-state index in [1.165, 1.54) is 5.56 Å². The van der Waals surface area contributed by atoms with Crippen LogP contribution in [0.1, 0.15) is 46.5 Å². The number of Topliss-reactive ketones (excluding diaryl/α,β-unsaturated/α-hetero) is 2. The number of aliphatic imine (C=N–C) groups is 1. The first-order valence-electron chi connectivity index (χ1n) is 12.8. The largest absolute Gasteiger partial charge is 0.299 e. The molecule has 0 fully saturated rings. The summed E-state index contributed by atoms with van der Waals surface area (Å²) in [4.78, 5) is 34.9. The van der Waals surface area contributed by atoms with Gasteiger partial charge in [-0.15, -0.1) is 0 Å². The number of hydrogen-bond donors (Lipinski definition) is 0. The molecule has 3 aromatic carbocycles. The summed E-state index contributed by atoms with van der Waals surface area (Å²) in [5, 5.41) is 0.